The molecule has 3 heteroatoms. The Morgan fingerprint density at radius 3 is 2.70 bits per heavy atom. The second-order valence-corrected chi connectivity index (χ2v) is 4.02. The van der Waals surface area contributed by atoms with Gasteiger partial charge in [0.2, 0.25) is 0 Å². The smallest absolute Gasteiger partial charge is 0.140 e. The van der Waals surface area contributed by atoms with Crippen molar-refractivity contribution >= 4 is 16.6 Å². The number of nitrogens with zero attached hydrogens (tertiary/aromatic N) is 2. The van der Waals surface area contributed by atoms with Crippen LogP contribution in [0, 0.1) is 0 Å². The highest BCUT2D eigenvalue weighted by Gasteiger charge is 2.13. The molecular weight excluding hydrogens is 248 g/mol. The molecule has 2 aromatic heterocycles. The van der Waals surface area contributed by atoms with E-state index in [1.807, 2.05) is 56.8 Å². The molecule has 0 bridgehead atoms. The van der Waals surface area contributed by atoms with Gasteiger partial charge in [0.15, 0.2) is 0 Å². The van der Waals surface area contributed by atoms with E-state index in [1.54, 1.807) is 18.3 Å². The monoisotopic (exact) mass is 270 g/mol. The number of hydrogen-bond acceptors (Lipinski definition) is 2. The van der Waals surface area contributed by atoms with E-state index in [2.05, 4.69) is 11.6 Å². The van der Waals surface area contributed by atoms with Crippen LogP contribution in [-0.4, -0.2) is 14.7 Å². The van der Waals surface area contributed by atoms with Gasteiger partial charge in [-0.25, -0.2) is 4.98 Å². The molecule has 2 rings (SSSR count). The number of aliphatic hydroxyl groups excluding tert-OH is 1. The normalized spacial score (nSPS) is 12.0. The van der Waals surface area contributed by atoms with Gasteiger partial charge in [0.25, 0.3) is 0 Å². The van der Waals surface area contributed by atoms with Gasteiger partial charge in [0.05, 0.1) is 0 Å². The van der Waals surface area contributed by atoms with Crippen LogP contribution in [0.3, 0.4) is 0 Å². The molecule has 0 saturated heterocycles. The standard InChI is InChI=1S/C15H16N2O.C2H6/c1-4-7-14(18)11(5-2)13-10-17(3)15-12(13)8-6-9-16-15;1-2/h4-10,18H,1H2,2-3H3;1-2H3/b11-5-,14-7+;. The number of fused-ring (bicyclic) bond motifs is 1. The minimum Gasteiger partial charge on any atom is -0.507 e. The molecule has 0 atom stereocenters. The van der Waals surface area contributed by atoms with Gasteiger partial charge in [0.1, 0.15) is 11.4 Å². The van der Waals surface area contributed by atoms with E-state index < -0.39 is 0 Å². The van der Waals surface area contributed by atoms with Crippen LogP contribution >= 0.6 is 0 Å². The zero-order chi connectivity index (χ0) is 15.1. The minimum atomic E-state index is 0.212. The summed E-state index contributed by atoms with van der Waals surface area (Å²) in [5.74, 6) is 0.212. The van der Waals surface area contributed by atoms with E-state index in [0.717, 1.165) is 22.2 Å². The fraction of sp³-hybridized carbons (Fsp3) is 0.235. The summed E-state index contributed by atoms with van der Waals surface area (Å²) in [5, 5.41) is 11.0. The molecule has 0 amide bonds. The van der Waals surface area contributed by atoms with Gasteiger partial charge in [0, 0.05) is 36.0 Å². The molecule has 2 heterocycles. The first kappa shape index (κ1) is 15.8. The molecule has 0 fully saturated rings. The zero-order valence-corrected chi connectivity index (χ0v) is 12.6. The van der Waals surface area contributed by atoms with Gasteiger partial charge in [-0.3, -0.25) is 0 Å². The van der Waals surface area contributed by atoms with E-state index in [9.17, 15) is 5.11 Å². The molecule has 0 aromatic carbocycles. The van der Waals surface area contributed by atoms with Crippen LogP contribution in [0.5, 0.6) is 0 Å². The van der Waals surface area contributed by atoms with Crippen LogP contribution in [0.15, 0.2) is 55.1 Å². The summed E-state index contributed by atoms with van der Waals surface area (Å²) in [6.45, 7) is 9.50. The lowest BCUT2D eigenvalue weighted by atomic mass is 10.0. The number of aryl methyl sites for hydroxylation is 1. The van der Waals surface area contributed by atoms with Crippen LogP contribution in [0.2, 0.25) is 0 Å². The molecule has 0 aliphatic carbocycles. The fourth-order valence-electron chi connectivity index (χ4n) is 2.07. The summed E-state index contributed by atoms with van der Waals surface area (Å²) >= 11 is 0. The van der Waals surface area contributed by atoms with Crippen molar-refractivity contribution < 1.29 is 5.11 Å². The van der Waals surface area contributed by atoms with Gasteiger partial charge in [-0.2, -0.15) is 0 Å². The molecule has 106 valence electrons. The first-order chi connectivity index (χ1) is 9.69. The van der Waals surface area contributed by atoms with E-state index in [-0.39, 0.29) is 5.76 Å². The number of pyridine rings is 1. The molecule has 20 heavy (non-hydrogen) atoms. The Balaban J connectivity index is 0.000000956. The zero-order valence-electron chi connectivity index (χ0n) is 12.6. The summed E-state index contributed by atoms with van der Waals surface area (Å²) in [6.07, 6.45) is 8.78. The quantitative estimate of drug-likeness (QED) is 0.652. The maximum absolute atomic E-state index is 10.0. The first-order valence-corrected chi connectivity index (χ1v) is 6.77. The lowest BCUT2D eigenvalue weighted by Gasteiger charge is -2.04. The van der Waals surface area contributed by atoms with Crippen molar-refractivity contribution in [3.05, 3.63) is 60.7 Å². The number of aromatic nitrogens is 2. The highest BCUT2D eigenvalue weighted by molar-refractivity contribution is 5.94. The first-order valence-electron chi connectivity index (χ1n) is 6.77. The fourth-order valence-corrected chi connectivity index (χ4v) is 2.07. The second kappa shape index (κ2) is 7.34. The van der Waals surface area contributed by atoms with Crippen LogP contribution in [0.4, 0.5) is 0 Å². The lowest BCUT2D eigenvalue weighted by molar-refractivity contribution is 0.438. The van der Waals surface area contributed by atoms with Crippen LogP contribution in [-0.2, 0) is 7.05 Å². The van der Waals surface area contributed by atoms with Gasteiger partial charge < -0.3 is 9.67 Å². The molecule has 0 aliphatic rings. The van der Waals surface area contributed by atoms with Crippen molar-refractivity contribution in [3.8, 4) is 0 Å². The molecule has 0 saturated carbocycles. The molecule has 0 spiro atoms. The maximum atomic E-state index is 10.0. The lowest BCUT2D eigenvalue weighted by Crippen LogP contribution is -1.88. The van der Waals surface area contributed by atoms with E-state index in [1.165, 1.54) is 0 Å². The number of hydrogen-bond donors (Lipinski definition) is 1. The Labute approximate surface area is 120 Å². The second-order valence-electron chi connectivity index (χ2n) is 4.02. The van der Waals surface area contributed by atoms with Crippen molar-refractivity contribution in [1.29, 1.82) is 0 Å². The van der Waals surface area contributed by atoms with Crippen LogP contribution in [0.1, 0.15) is 26.3 Å². The van der Waals surface area contributed by atoms with Gasteiger partial charge in [-0.15, -0.1) is 0 Å². The van der Waals surface area contributed by atoms with Gasteiger partial charge in [-0.1, -0.05) is 32.6 Å². The Morgan fingerprint density at radius 1 is 1.40 bits per heavy atom. The Bertz CT molecular complexity index is 648. The van der Waals surface area contributed by atoms with Gasteiger partial charge in [-0.05, 0) is 25.1 Å². The minimum absolute atomic E-state index is 0.212. The third kappa shape index (κ3) is 2.99. The molecule has 0 radical (unpaired) electrons. The van der Waals surface area contributed by atoms with E-state index in [4.69, 9.17) is 0 Å². The highest BCUT2D eigenvalue weighted by atomic mass is 16.3. The maximum Gasteiger partial charge on any atom is 0.140 e. The van der Waals surface area contributed by atoms with Crippen molar-refractivity contribution in [2.75, 3.05) is 0 Å². The molecular formula is C17H22N2O. The largest absolute Gasteiger partial charge is 0.507 e. The third-order valence-electron chi connectivity index (χ3n) is 2.86. The van der Waals surface area contributed by atoms with E-state index >= 15 is 0 Å². The Hall–Kier alpha value is -2.29. The number of allylic oxidation sites excluding steroid dienone is 4. The van der Waals surface area contributed by atoms with E-state index in [0.29, 0.717) is 0 Å². The van der Waals surface area contributed by atoms with Crippen molar-refractivity contribution in [2.45, 2.75) is 20.8 Å². The molecule has 2 aromatic rings. The third-order valence-corrected chi connectivity index (χ3v) is 2.86. The van der Waals surface area contributed by atoms with Crippen LogP contribution < -0.4 is 0 Å². The molecule has 3 nitrogen and oxygen atoms in total. The molecule has 0 unspecified atom stereocenters. The number of aliphatic hydroxyl groups is 1. The van der Waals surface area contributed by atoms with Crippen LogP contribution in [0.25, 0.3) is 16.6 Å². The summed E-state index contributed by atoms with van der Waals surface area (Å²) in [4.78, 5) is 4.34. The van der Waals surface area contributed by atoms with Crippen molar-refractivity contribution in [3.63, 3.8) is 0 Å². The van der Waals surface area contributed by atoms with Gasteiger partial charge >= 0.3 is 0 Å². The average molecular weight is 270 g/mol. The Kier molecular flexibility index (Phi) is 5.78. The summed E-state index contributed by atoms with van der Waals surface area (Å²) in [5.41, 5.74) is 2.66. The number of rotatable bonds is 3. The average Bonchev–Trinajstić information content (AvgIpc) is 2.80. The van der Waals surface area contributed by atoms with Crippen molar-refractivity contribution in [2.24, 2.45) is 7.05 Å². The SMILES string of the molecule is C=C/C=C(O)\C(=C/C)c1cn(C)c2ncccc12.CC. The molecule has 0 aliphatic heterocycles. The summed E-state index contributed by atoms with van der Waals surface area (Å²) in [7, 11) is 1.94. The predicted molar refractivity (Wildman–Crippen MR) is 86.6 cm³/mol. The topological polar surface area (TPSA) is 38.0 Å². The van der Waals surface area contributed by atoms with Crippen molar-refractivity contribution in [1.82, 2.24) is 9.55 Å². The molecule has 1 N–H and O–H groups in total. The Morgan fingerprint density at radius 2 is 2.10 bits per heavy atom. The predicted octanol–water partition coefficient (Wildman–Crippen LogP) is 4.63. The highest BCUT2D eigenvalue weighted by Crippen LogP contribution is 2.29. The summed E-state index contributed by atoms with van der Waals surface area (Å²) < 4.78 is 1.95. The summed E-state index contributed by atoms with van der Waals surface area (Å²) in [6, 6.07) is 3.90.